The third-order valence-electron chi connectivity index (χ3n) is 5.08. The fourth-order valence-corrected chi connectivity index (χ4v) is 3.90. The Labute approximate surface area is 206 Å². The molecule has 0 aromatic heterocycles. The molecule has 1 unspecified atom stereocenters. The molecule has 3 aromatic carbocycles. The molecule has 0 fully saturated rings. The summed E-state index contributed by atoms with van der Waals surface area (Å²) >= 11 is 0. The number of para-hydroxylation sites is 1. The van der Waals surface area contributed by atoms with Crippen LogP contribution >= 0.6 is 0 Å². The lowest BCUT2D eigenvalue weighted by molar-refractivity contribution is -0.119. The van der Waals surface area contributed by atoms with E-state index in [2.05, 4.69) is 10.6 Å². The summed E-state index contributed by atoms with van der Waals surface area (Å²) in [6.45, 7) is 1.12. The van der Waals surface area contributed by atoms with Crippen molar-refractivity contribution < 1.29 is 36.3 Å². The van der Waals surface area contributed by atoms with Gasteiger partial charge in [0, 0.05) is 0 Å². The molecule has 36 heavy (non-hydrogen) atoms. The number of carbonyl (C=O) groups is 3. The highest BCUT2D eigenvalue weighted by atomic mass is 32.2. The number of esters is 1. The SMILES string of the molecule is CC(NC(=O)c1ccccc1NC(=O)COC(=O)c1ccc(S(=O)(=O)C(F)F)cc1)c1ccccc1. The van der Waals surface area contributed by atoms with Crippen LogP contribution in [0.4, 0.5) is 14.5 Å². The van der Waals surface area contributed by atoms with Crippen molar-refractivity contribution in [3.63, 3.8) is 0 Å². The standard InChI is InChI=1S/C25H22F2N2O6S/c1-16(17-7-3-2-4-8-17)28-23(31)20-9-5-6-10-21(20)29-22(30)15-35-24(32)18-11-13-19(14-12-18)36(33,34)25(26)27/h2-14,16,25H,15H2,1H3,(H,28,31)(H,29,30). The fourth-order valence-electron chi connectivity index (χ4n) is 3.17. The molecule has 0 saturated carbocycles. The average Bonchev–Trinajstić information content (AvgIpc) is 2.88. The Bertz CT molecular complexity index is 1350. The Morgan fingerprint density at radius 3 is 2.14 bits per heavy atom. The Hall–Kier alpha value is -4.12. The van der Waals surface area contributed by atoms with Gasteiger partial charge in [-0.15, -0.1) is 0 Å². The molecule has 0 bridgehead atoms. The molecule has 0 aliphatic heterocycles. The van der Waals surface area contributed by atoms with Gasteiger partial charge < -0.3 is 15.4 Å². The van der Waals surface area contributed by atoms with E-state index in [0.717, 1.165) is 29.8 Å². The molecule has 0 heterocycles. The zero-order chi connectivity index (χ0) is 26.3. The summed E-state index contributed by atoms with van der Waals surface area (Å²) < 4.78 is 53.1. The van der Waals surface area contributed by atoms with Crippen LogP contribution in [-0.2, 0) is 19.4 Å². The van der Waals surface area contributed by atoms with E-state index in [9.17, 15) is 31.6 Å². The summed E-state index contributed by atoms with van der Waals surface area (Å²) in [7, 11) is -4.80. The summed E-state index contributed by atoms with van der Waals surface area (Å²) in [6.07, 6.45) is 0. The highest BCUT2D eigenvalue weighted by molar-refractivity contribution is 7.91. The quantitative estimate of drug-likeness (QED) is 0.416. The molecule has 3 aromatic rings. The van der Waals surface area contributed by atoms with Crippen LogP contribution in [0.25, 0.3) is 0 Å². The van der Waals surface area contributed by atoms with Gasteiger partial charge in [0.15, 0.2) is 6.61 Å². The second-order valence-corrected chi connectivity index (χ2v) is 9.52. The first-order valence-corrected chi connectivity index (χ1v) is 12.2. The van der Waals surface area contributed by atoms with Crippen LogP contribution in [0.2, 0.25) is 0 Å². The number of nitrogens with one attached hydrogen (secondary N) is 2. The minimum absolute atomic E-state index is 0.134. The van der Waals surface area contributed by atoms with E-state index in [0.29, 0.717) is 0 Å². The van der Waals surface area contributed by atoms with E-state index in [4.69, 9.17) is 4.74 Å². The molecule has 2 amide bonds. The van der Waals surface area contributed by atoms with Gasteiger partial charge >= 0.3 is 11.7 Å². The largest absolute Gasteiger partial charge is 0.452 e. The number of rotatable bonds is 9. The second kappa shape index (κ2) is 11.5. The van der Waals surface area contributed by atoms with Crippen LogP contribution in [0.1, 0.15) is 39.2 Å². The number of anilines is 1. The van der Waals surface area contributed by atoms with Gasteiger partial charge in [0.05, 0.1) is 27.8 Å². The van der Waals surface area contributed by atoms with Crippen molar-refractivity contribution in [3.8, 4) is 0 Å². The van der Waals surface area contributed by atoms with Gasteiger partial charge in [-0.25, -0.2) is 13.2 Å². The third-order valence-corrected chi connectivity index (χ3v) is 6.48. The van der Waals surface area contributed by atoms with E-state index in [-0.39, 0.29) is 22.9 Å². The first kappa shape index (κ1) is 26.5. The molecule has 1 atom stereocenters. The van der Waals surface area contributed by atoms with Crippen LogP contribution < -0.4 is 10.6 Å². The number of alkyl halides is 2. The molecule has 0 aliphatic rings. The molecule has 11 heteroatoms. The highest BCUT2D eigenvalue weighted by Crippen LogP contribution is 2.20. The predicted octanol–water partition coefficient (Wildman–Crippen LogP) is 3.97. The van der Waals surface area contributed by atoms with E-state index < -0.39 is 44.9 Å². The lowest BCUT2D eigenvalue weighted by Crippen LogP contribution is -2.28. The van der Waals surface area contributed by atoms with Crippen LogP contribution in [0.15, 0.2) is 83.8 Å². The number of ether oxygens (including phenoxy) is 1. The maximum absolute atomic E-state index is 12.8. The summed E-state index contributed by atoms with van der Waals surface area (Å²) in [5, 5.41) is 5.37. The normalized spacial score (nSPS) is 12.0. The van der Waals surface area contributed by atoms with Crippen molar-refractivity contribution >= 4 is 33.3 Å². The van der Waals surface area contributed by atoms with Crippen molar-refractivity contribution in [2.24, 2.45) is 0 Å². The molecule has 0 saturated heterocycles. The fraction of sp³-hybridized carbons (Fsp3) is 0.160. The number of carbonyl (C=O) groups excluding carboxylic acids is 3. The van der Waals surface area contributed by atoms with Gasteiger partial charge in [0.2, 0.25) is 9.84 Å². The minimum atomic E-state index is -4.80. The maximum Gasteiger partial charge on any atom is 0.341 e. The third kappa shape index (κ3) is 6.51. The van der Waals surface area contributed by atoms with E-state index >= 15 is 0 Å². The molecule has 0 spiro atoms. The molecule has 2 N–H and O–H groups in total. The van der Waals surface area contributed by atoms with Crippen LogP contribution in [0.5, 0.6) is 0 Å². The second-order valence-electron chi connectivity index (χ2n) is 7.61. The van der Waals surface area contributed by atoms with E-state index in [1.807, 2.05) is 37.3 Å². The van der Waals surface area contributed by atoms with Gasteiger partial charge in [-0.3, -0.25) is 9.59 Å². The van der Waals surface area contributed by atoms with Crippen LogP contribution in [-0.4, -0.2) is 38.6 Å². The smallest absolute Gasteiger partial charge is 0.341 e. The van der Waals surface area contributed by atoms with Crippen molar-refractivity contribution in [2.75, 3.05) is 11.9 Å². The maximum atomic E-state index is 12.8. The first-order chi connectivity index (χ1) is 17.1. The number of sulfone groups is 1. The Balaban J connectivity index is 1.60. The summed E-state index contributed by atoms with van der Waals surface area (Å²) in [5.74, 6) is -5.70. The number of benzene rings is 3. The topological polar surface area (TPSA) is 119 Å². The summed E-state index contributed by atoms with van der Waals surface area (Å²) in [4.78, 5) is 36.6. The molecular weight excluding hydrogens is 494 g/mol. The van der Waals surface area contributed by atoms with Gasteiger partial charge in [-0.1, -0.05) is 42.5 Å². The summed E-state index contributed by atoms with van der Waals surface area (Å²) in [6, 6.07) is 19.0. The highest BCUT2D eigenvalue weighted by Gasteiger charge is 2.26. The van der Waals surface area contributed by atoms with Gasteiger partial charge in [0.25, 0.3) is 11.8 Å². The van der Waals surface area contributed by atoms with Gasteiger partial charge in [-0.2, -0.15) is 8.78 Å². The molecular formula is C25H22F2N2O6S. The molecule has 8 nitrogen and oxygen atoms in total. The zero-order valence-corrected chi connectivity index (χ0v) is 19.8. The Morgan fingerprint density at radius 2 is 1.50 bits per heavy atom. The van der Waals surface area contributed by atoms with Crippen molar-refractivity contribution in [1.82, 2.24) is 5.32 Å². The zero-order valence-electron chi connectivity index (χ0n) is 19.0. The Kier molecular flexibility index (Phi) is 8.49. The van der Waals surface area contributed by atoms with Crippen molar-refractivity contribution in [1.29, 1.82) is 0 Å². The number of hydrogen-bond donors (Lipinski definition) is 2. The molecule has 3 rings (SSSR count). The number of amides is 2. The lowest BCUT2D eigenvalue weighted by atomic mass is 10.1. The lowest BCUT2D eigenvalue weighted by Gasteiger charge is -2.16. The molecule has 188 valence electrons. The van der Waals surface area contributed by atoms with Crippen LogP contribution in [0, 0.1) is 0 Å². The molecule has 0 aliphatic carbocycles. The summed E-state index contributed by atoms with van der Waals surface area (Å²) in [5.41, 5.74) is 1.18. The first-order valence-electron chi connectivity index (χ1n) is 10.6. The number of hydrogen-bond acceptors (Lipinski definition) is 6. The predicted molar refractivity (Wildman–Crippen MR) is 127 cm³/mol. The van der Waals surface area contributed by atoms with Crippen molar-refractivity contribution in [2.45, 2.75) is 23.6 Å². The van der Waals surface area contributed by atoms with E-state index in [1.165, 1.54) is 12.1 Å². The number of halogens is 2. The van der Waals surface area contributed by atoms with Gasteiger partial charge in [0.1, 0.15) is 0 Å². The minimum Gasteiger partial charge on any atom is -0.452 e. The van der Waals surface area contributed by atoms with Crippen LogP contribution in [0.3, 0.4) is 0 Å². The van der Waals surface area contributed by atoms with Gasteiger partial charge in [-0.05, 0) is 48.9 Å². The molecule has 0 radical (unpaired) electrons. The Morgan fingerprint density at radius 1 is 0.889 bits per heavy atom. The van der Waals surface area contributed by atoms with Crippen molar-refractivity contribution in [3.05, 3.63) is 95.6 Å². The van der Waals surface area contributed by atoms with E-state index in [1.54, 1.807) is 12.1 Å². The average molecular weight is 517 g/mol. The monoisotopic (exact) mass is 516 g/mol.